The zero-order chi connectivity index (χ0) is 31.9. The quantitative estimate of drug-likeness (QED) is 0.102. The summed E-state index contributed by atoms with van der Waals surface area (Å²) in [6.45, 7) is 9.10. The monoisotopic (exact) mass is 733 g/mol. The Bertz CT molecular complexity index is 1810. The molecule has 1 amide bonds. The van der Waals surface area contributed by atoms with Crippen molar-refractivity contribution >= 4 is 44.0 Å². The van der Waals surface area contributed by atoms with Crippen LogP contribution in [0.1, 0.15) is 51.3 Å². The van der Waals surface area contributed by atoms with Gasteiger partial charge in [0.15, 0.2) is 17.3 Å². The Morgan fingerprint density at radius 3 is 2.36 bits per heavy atom. The molecule has 10 heteroatoms. The van der Waals surface area contributed by atoms with Gasteiger partial charge in [-0.05, 0) is 120 Å². The fourth-order valence-electron chi connectivity index (χ4n) is 4.77. The second-order valence-electron chi connectivity index (χ2n) is 10.3. The van der Waals surface area contributed by atoms with Crippen molar-refractivity contribution < 1.29 is 23.4 Å². The molecule has 1 N–H and O–H groups in total. The van der Waals surface area contributed by atoms with Crippen molar-refractivity contribution in [3.8, 4) is 22.9 Å². The first-order valence-electron chi connectivity index (χ1n) is 14.4. The Labute approximate surface area is 279 Å². The van der Waals surface area contributed by atoms with Crippen LogP contribution in [-0.2, 0) is 13.2 Å². The molecule has 0 spiro atoms. The van der Waals surface area contributed by atoms with E-state index < -0.39 is 5.91 Å². The van der Waals surface area contributed by atoms with Crippen LogP contribution < -0.4 is 19.6 Å². The summed E-state index contributed by atoms with van der Waals surface area (Å²) < 4.78 is 27.1. The van der Waals surface area contributed by atoms with Gasteiger partial charge in [-0.3, -0.25) is 4.79 Å². The van der Waals surface area contributed by atoms with Gasteiger partial charge in [-0.15, -0.1) is 0 Å². The molecule has 0 saturated heterocycles. The second-order valence-corrected chi connectivity index (χ2v) is 11.9. The molecule has 0 saturated carbocycles. The molecule has 2 heterocycles. The highest BCUT2D eigenvalue weighted by atomic mass is 79.9. The maximum Gasteiger partial charge on any atom is 0.307 e. The summed E-state index contributed by atoms with van der Waals surface area (Å²) in [7, 11) is 0. The lowest BCUT2D eigenvalue weighted by molar-refractivity contribution is 0.0923. The van der Waals surface area contributed by atoms with Crippen LogP contribution in [0.25, 0.3) is 5.69 Å². The molecule has 0 aliphatic carbocycles. The summed E-state index contributed by atoms with van der Waals surface area (Å²) in [6, 6.07) is 25.3. The number of nitrogens with zero attached hydrogens (tertiary/aromatic N) is 2. The number of hydrazone groups is 1. The van der Waals surface area contributed by atoms with Gasteiger partial charge in [-0.1, -0.05) is 29.8 Å². The van der Waals surface area contributed by atoms with E-state index in [0.717, 1.165) is 16.8 Å². The van der Waals surface area contributed by atoms with Crippen molar-refractivity contribution in [3.05, 3.63) is 127 Å². The van der Waals surface area contributed by atoms with Gasteiger partial charge in [-0.2, -0.15) is 5.10 Å². The third kappa shape index (κ3) is 7.87. The molecule has 0 fully saturated rings. The molecular formula is C35H33Br2N3O5. The van der Waals surface area contributed by atoms with Gasteiger partial charge in [0.25, 0.3) is 0 Å². The molecule has 0 aliphatic rings. The van der Waals surface area contributed by atoms with Crippen LogP contribution in [0.3, 0.4) is 0 Å². The van der Waals surface area contributed by atoms with Crippen molar-refractivity contribution in [2.45, 2.75) is 40.9 Å². The predicted octanol–water partition coefficient (Wildman–Crippen LogP) is 8.84. The third-order valence-corrected chi connectivity index (χ3v) is 9.07. The first kappa shape index (κ1) is 32.1. The smallest absolute Gasteiger partial charge is 0.307 e. The van der Waals surface area contributed by atoms with E-state index >= 15 is 0 Å². The van der Waals surface area contributed by atoms with Crippen LogP contribution in [0.4, 0.5) is 0 Å². The van der Waals surface area contributed by atoms with Gasteiger partial charge in [0.2, 0.25) is 0 Å². The standard InChI is InChI=1S/C35H33Br2N3O5/c1-5-42-31-18-26(32(36)33(37)34(31)44-20-25-8-6-7-22(2)17-25)19-38-39-35(41)30-16-15-29(45-30)21-43-28-13-11-27(12-14-28)40-23(3)9-10-24(40)4/h6-19H,5,20-21H2,1-4H3,(H,39,41)/b38-19+. The summed E-state index contributed by atoms with van der Waals surface area (Å²) in [4.78, 5) is 12.7. The molecule has 3 aromatic carbocycles. The average molecular weight is 735 g/mol. The third-order valence-electron chi connectivity index (χ3n) is 6.92. The Balaban J connectivity index is 1.19. The van der Waals surface area contributed by atoms with Crippen LogP contribution in [-0.4, -0.2) is 23.3 Å². The van der Waals surface area contributed by atoms with E-state index in [1.807, 2.05) is 56.3 Å². The minimum atomic E-state index is -0.488. The molecule has 8 nitrogen and oxygen atoms in total. The highest BCUT2D eigenvalue weighted by molar-refractivity contribution is 9.13. The minimum absolute atomic E-state index is 0.120. The maximum atomic E-state index is 12.7. The number of carbonyl (C=O) groups excluding carboxylic acids is 1. The molecule has 0 unspecified atom stereocenters. The lowest BCUT2D eigenvalue weighted by atomic mass is 10.1. The number of aryl methyl sites for hydroxylation is 3. The van der Waals surface area contributed by atoms with Crippen LogP contribution >= 0.6 is 31.9 Å². The van der Waals surface area contributed by atoms with E-state index in [4.69, 9.17) is 18.6 Å². The molecular weight excluding hydrogens is 702 g/mol. The lowest BCUT2D eigenvalue weighted by Crippen LogP contribution is -2.16. The first-order chi connectivity index (χ1) is 21.7. The molecule has 5 rings (SSSR count). The summed E-state index contributed by atoms with van der Waals surface area (Å²) in [5, 5.41) is 4.13. The van der Waals surface area contributed by atoms with Crippen LogP contribution in [0.2, 0.25) is 0 Å². The van der Waals surface area contributed by atoms with E-state index in [-0.39, 0.29) is 12.4 Å². The highest BCUT2D eigenvalue weighted by Gasteiger charge is 2.18. The van der Waals surface area contributed by atoms with E-state index in [1.54, 1.807) is 18.2 Å². The maximum absolute atomic E-state index is 12.7. The molecule has 45 heavy (non-hydrogen) atoms. The number of hydrogen-bond donors (Lipinski definition) is 1. The molecule has 0 radical (unpaired) electrons. The van der Waals surface area contributed by atoms with Gasteiger partial charge < -0.3 is 23.2 Å². The Morgan fingerprint density at radius 1 is 0.889 bits per heavy atom. The summed E-state index contributed by atoms with van der Waals surface area (Å²) in [5.41, 5.74) is 8.80. The molecule has 2 aromatic heterocycles. The van der Waals surface area contributed by atoms with Crippen molar-refractivity contribution in [1.29, 1.82) is 0 Å². The SMILES string of the molecule is CCOc1cc(/C=N/NC(=O)c2ccc(COc3ccc(-n4c(C)ccc4C)cc3)o2)c(Br)c(Br)c1OCc1cccc(C)c1. The van der Waals surface area contributed by atoms with E-state index in [2.05, 4.69) is 79.0 Å². The Morgan fingerprint density at radius 2 is 1.64 bits per heavy atom. The van der Waals surface area contributed by atoms with Crippen molar-refractivity contribution in [3.63, 3.8) is 0 Å². The van der Waals surface area contributed by atoms with Crippen LogP contribution in [0.15, 0.2) is 97.3 Å². The number of rotatable bonds is 12. The van der Waals surface area contributed by atoms with Crippen molar-refractivity contribution in [1.82, 2.24) is 9.99 Å². The summed E-state index contributed by atoms with van der Waals surface area (Å²) in [5.74, 6) is 1.96. The average Bonchev–Trinajstić information content (AvgIpc) is 3.64. The lowest BCUT2D eigenvalue weighted by Gasteiger charge is -2.16. The number of hydrogen-bond acceptors (Lipinski definition) is 6. The number of ether oxygens (including phenoxy) is 3. The molecule has 5 aromatic rings. The molecule has 0 bridgehead atoms. The zero-order valence-electron chi connectivity index (χ0n) is 25.4. The number of nitrogens with one attached hydrogen (secondary N) is 1. The number of halogens is 2. The second kappa shape index (κ2) is 14.7. The summed E-state index contributed by atoms with van der Waals surface area (Å²) >= 11 is 7.23. The Hall–Kier alpha value is -4.28. The first-order valence-corrected chi connectivity index (χ1v) is 16.0. The molecule has 0 atom stereocenters. The van der Waals surface area contributed by atoms with Gasteiger partial charge in [0, 0.05) is 27.1 Å². The number of aromatic nitrogens is 1. The minimum Gasteiger partial charge on any atom is -0.490 e. The molecule has 232 valence electrons. The van der Waals surface area contributed by atoms with Gasteiger partial charge in [-0.25, -0.2) is 5.43 Å². The summed E-state index contributed by atoms with van der Waals surface area (Å²) in [6.07, 6.45) is 1.52. The fraction of sp³-hybridized carbons (Fsp3) is 0.200. The largest absolute Gasteiger partial charge is 0.490 e. The topological polar surface area (TPSA) is 87.2 Å². The van der Waals surface area contributed by atoms with Crippen LogP contribution in [0.5, 0.6) is 17.2 Å². The number of amides is 1. The van der Waals surface area contributed by atoms with E-state index in [0.29, 0.717) is 50.7 Å². The van der Waals surface area contributed by atoms with E-state index in [1.165, 1.54) is 17.6 Å². The fourth-order valence-corrected chi connectivity index (χ4v) is 5.70. The van der Waals surface area contributed by atoms with Crippen molar-refractivity contribution in [2.75, 3.05) is 6.61 Å². The highest BCUT2D eigenvalue weighted by Crippen LogP contribution is 2.43. The normalized spacial score (nSPS) is 11.2. The zero-order valence-corrected chi connectivity index (χ0v) is 28.6. The Kier molecular flexibility index (Phi) is 10.5. The van der Waals surface area contributed by atoms with Gasteiger partial charge in [0.1, 0.15) is 24.7 Å². The molecule has 0 aliphatic heterocycles. The van der Waals surface area contributed by atoms with Gasteiger partial charge in [0.05, 0.1) is 17.3 Å². The van der Waals surface area contributed by atoms with Crippen LogP contribution in [0, 0.1) is 20.8 Å². The number of benzene rings is 3. The van der Waals surface area contributed by atoms with Crippen molar-refractivity contribution in [2.24, 2.45) is 5.10 Å². The van der Waals surface area contributed by atoms with E-state index in [9.17, 15) is 4.79 Å². The van der Waals surface area contributed by atoms with Gasteiger partial charge >= 0.3 is 5.91 Å². The predicted molar refractivity (Wildman–Crippen MR) is 182 cm³/mol. The number of carbonyl (C=O) groups is 1. The number of furan rings is 1.